The number of hydrogen-bond donors (Lipinski definition) is 0. The van der Waals surface area contributed by atoms with E-state index in [1.165, 1.54) is 55.3 Å². The molecule has 0 amide bonds. The second-order valence-electron chi connectivity index (χ2n) is 10.9. The molecular weight excluding hydrogens is 474 g/mol. The quantitative estimate of drug-likeness (QED) is 0.238. The van der Waals surface area contributed by atoms with Gasteiger partial charge < -0.3 is 4.74 Å². The van der Waals surface area contributed by atoms with Crippen LogP contribution in [0.2, 0.25) is 0 Å². The van der Waals surface area contributed by atoms with Crippen molar-refractivity contribution in [2.75, 3.05) is 0 Å². The molecule has 0 saturated carbocycles. The van der Waals surface area contributed by atoms with E-state index < -0.39 is 0 Å². The molecule has 0 fully saturated rings. The molecule has 2 aliphatic rings. The Bertz CT molecular complexity index is 1780. The molecule has 190 valence electrons. The number of ether oxygens (including phenoxy) is 1. The summed E-state index contributed by atoms with van der Waals surface area (Å²) in [7, 11) is 0. The van der Waals surface area contributed by atoms with Crippen LogP contribution in [0.5, 0.6) is 5.75 Å². The Morgan fingerprint density at radius 1 is 0.821 bits per heavy atom. The second-order valence-corrected chi connectivity index (χ2v) is 10.9. The van der Waals surface area contributed by atoms with Crippen LogP contribution in [0.4, 0.5) is 0 Å². The standard InChI is InChI=1S/C37H31NO/c1-25-14-15-26-9-3-4-11-31(26)36(25)33-23-28(17-16-27(33)18-19-30-10-7-8-22-38-30)29-20-21-37(2)34(24-29)32-12-5-6-13-35(32)39-37/h3-17,20,22-24H,18-19,21H2,1-2H3. The Kier molecular flexibility index (Phi) is 5.70. The fourth-order valence-electron chi connectivity index (χ4n) is 6.22. The Labute approximate surface area is 230 Å². The third kappa shape index (κ3) is 4.17. The molecular formula is C37H31NO. The number of aryl methyl sites for hydroxylation is 3. The molecule has 0 radical (unpaired) electrons. The van der Waals surface area contributed by atoms with Crippen LogP contribution in [0.1, 0.15) is 41.3 Å². The zero-order chi connectivity index (χ0) is 26.4. The minimum atomic E-state index is -0.301. The van der Waals surface area contributed by atoms with E-state index in [-0.39, 0.29) is 5.60 Å². The van der Waals surface area contributed by atoms with Gasteiger partial charge in [0.25, 0.3) is 0 Å². The van der Waals surface area contributed by atoms with Crippen molar-refractivity contribution in [1.29, 1.82) is 0 Å². The smallest absolute Gasteiger partial charge is 0.135 e. The first-order valence-corrected chi connectivity index (χ1v) is 13.8. The van der Waals surface area contributed by atoms with Crippen LogP contribution in [0, 0.1) is 6.92 Å². The van der Waals surface area contributed by atoms with Crippen molar-refractivity contribution >= 4 is 21.9 Å². The highest BCUT2D eigenvalue weighted by Crippen LogP contribution is 2.49. The summed E-state index contributed by atoms with van der Waals surface area (Å²) in [5.74, 6) is 0.984. The van der Waals surface area contributed by atoms with E-state index in [0.717, 1.165) is 30.7 Å². The van der Waals surface area contributed by atoms with Gasteiger partial charge in [-0.3, -0.25) is 4.98 Å². The molecule has 0 saturated heterocycles. The summed E-state index contributed by atoms with van der Waals surface area (Å²) >= 11 is 0. The van der Waals surface area contributed by atoms with Crippen LogP contribution < -0.4 is 4.74 Å². The Morgan fingerprint density at radius 2 is 1.67 bits per heavy atom. The predicted octanol–water partition coefficient (Wildman–Crippen LogP) is 9.02. The van der Waals surface area contributed by atoms with Crippen LogP contribution in [-0.2, 0) is 12.8 Å². The first-order valence-electron chi connectivity index (χ1n) is 13.8. The van der Waals surface area contributed by atoms with Gasteiger partial charge >= 0.3 is 0 Å². The zero-order valence-electron chi connectivity index (χ0n) is 22.4. The maximum absolute atomic E-state index is 6.41. The Balaban J connectivity index is 1.36. The fraction of sp³-hybridized carbons (Fsp3) is 0.162. The van der Waals surface area contributed by atoms with E-state index in [1.807, 2.05) is 12.3 Å². The first-order chi connectivity index (χ1) is 19.1. The topological polar surface area (TPSA) is 22.1 Å². The van der Waals surface area contributed by atoms with Crippen LogP contribution in [0.25, 0.3) is 33.0 Å². The molecule has 1 aromatic heterocycles. The first kappa shape index (κ1) is 23.7. The van der Waals surface area contributed by atoms with Crippen molar-refractivity contribution in [2.24, 2.45) is 0 Å². The normalized spacial score (nSPS) is 17.7. The number of benzene rings is 4. The van der Waals surface area contributed by atoms with Crippen LogP contribution in [0.15, 0.2) is 115 Å². The van der Waals surface area contributed by atoms with Crippen LogP contribution >= 0.6 is 0 Å². The van der Waals surface area contributed by atoms with Crippen molar-refractivity contribution in [3.05, 3.63) is 143 Å². The maximum Gasteiger partial charge on any atom is 0.135 e. The number of pyridine rings is 1. The fourth-order valence-corrected chi connectivity index (χ4v) is 6.22. The number of aromatic nitrogens is 1. The van der Waals surface area contributed by atoms with Gasteiger partial charge in [-0.25, -0.2) is 0 Å². The molecule has 5 aromatic rings. The second kappa shape index (κ2) is 9.39. The Hall–Kier alpha value is -4.43. The molecule has 1 atom stereocenters. The number of allylic oxidation sites excluding steroid dienone is 2. The highest BCUT2D eigenvalue weighted by molar-refractivity contribution is 6.00. The summed E-state index contributed by atoms with van der Waals surface area (Å²) in [5.41, 5.74) is 11.1. The van der Waals surface area contributed by atoms with E-state index in [4.69, 9.17) is 4.74 Å². The molecule has 1 aliphatic heterocycles. The van der Waals surface area contributed by atoms with Gasteiger partial charge in [0.1, 0.15) is 11.4 Å². The minimum absolute atomic E-state index is 0.301. The van der Waals surface area contributed by atoms with E-state index in [0.29, 0.717) is 0 Å². The van der Waals surface area contributed by atoms with E-state index in [2.05, 4.69) is 122 Å². The van der Waals surface area contributed by atoms with E-state index >= 15 is 0 Å². The van der Waals surface area contributed by atoms with Gasteiger partial charge in [0, 0.05) is 29.4 Å². The molecule has 1 aliphatic carbocycles. The average molecular weight is 506 g/mol. The Morgan fingerprint density at radius 3 is 2.56 bits per heavy atom. The molecule has 7 rings (SSSR count). The lowest BCUT2D eigenvalue weighted by Crippen LogP contribution is -2.30. The molecule has 0 spiro atoms. The van der Waals surface area contributed by atoms with Gasteiger partial charge in [-0.1, -0.05) is 78.9 Å². The zero-order valence-corrected chi connectivity index (χ0v) is 22.4. The lowest BCUT2D eigenvalue weighted by molar-refractivity contribution is 0.170. The molecule has 2 nitrogen and oxygen atoms in total. The molecule has 0 bridgehead atoms. The lowest BCUT2D eigenvalue weighted by Gasteiger charge is -2.28. The summed E-state index contributed by atoms with van der Waals surface area (Å²) in [6, 6.07) is 34.9. The highest BCUT2D eigenvalue weighted by Gasteiger charge is 2.40. The van der Waals surface area contributed by atoms with Gasteiger partial charge in [-0.15, -0.1) is 0 Å². The average Bonchev–Trinajstić information content (AvgIpc) is 3.28. The molecule has 39 heavy (non-hydrogen) atoms. The number of fused-ring (bicyclic) bond motifs is 4. The summed E-state index contributed by atoms with van der Waals surface area (Å²) in [6.45, 7) is 4.44. The molecule has 4 aromatic carbocycles. The minimum Gasteiger partial charge on any atom is -0.482 e. The largest absolute Gasteiger partial charge is 0.482 e. The van der Waals surface area contributed by atoms with Crippen LogP contribution in [0.3, 0.4) is 0 Å². The summed E-state index contributed by atoms with van der Waals surface area (Å²) in [5, 5.41) is 2.57. The molecule has 0 N–H and O–H groups in total. The summed E-state index contributed by atoms with van der Waals surface area (Å²) < 4.78 is 6.41. The van der Waals surface area contributed by atoms with Gasteiger partial charge in [0.2, 0.25) is 0 Å². The molecule has 2 heterocycles. The summed E-state index contributed by atoms with van der Waals surface area (Å²) in [6.07, 6.45) is 9.28. The molecule has 2 heteroatoms. The summed E-state index contributed by atoms with van der Waals surface area (Å²) in [4.78, 5) is 4.58. The number of rotatable bonds is 5. The van der Waals surface area contributed by atoms with Crippen molar-refractivity contribution in [3.8, 4) is 16.9 Å². The predicted molar refractivity (Wildman–Crippen MR) is 162 cm³/mol. The third-order valence-corrected chi connectivity index (χ3v) is 8.32. The maximum atomic E-state index is 6.41. The third-order valence-electron chi connectivity index (χ3n) is 8.32. The van der Waals surface area contributed by atoms with Crippen molar-refractivity contribution < 1.29 is 4.74 Å². The SMILES string of the molecule is Cc1ccc2ccccc2c1-c1cc(C2=CCC3(C)Oc4ccccc4C3=C2)ccc1CCc1ccccn1. The number of hydrogen-bond acceptors (Lipinski definition) is 2. The van der Waals surface area contributed by atoms with Gasteiger partial charge in [-0.2, -0.15) is 0 Å². The monoisotopic (exact) mass is 505 g/mol. The lowest BCUT2D eigenvalue weighted by atomic mass is 9.81. The number of nitrogens with zero attached hydrogens (tertiary/aromatic N) is 1. The van der Waals surface area contributed by atoms with E-state index in [9.17, 15) is 0 Å². The molecule has 1 unspecified atom stereocenters. The van der Waals surface area contributed by atoms with Gasteiger partial charge in [0.05, 0.1) is 0 Å². The van der Waals surface area contributed by atoms with Gasteiger partial charge in [0.15, 0.2) is 0 Å². The van der Waals surface area contributed by atoms with Crippen molar-refractivity contribution in [2.45, 2.75) is 38.7 Å². The van der Waals surface area contributed by atoms with Crippen LogP contribution in [-0.4, -0.2) is 10.6 Å². The highest BCUT2D eigenvalue weighted by atomic mass is 16.5. The van der Waals surface area contributed by atoms with E-state index in [1.54, 1.807) is 0 Å². The number of para-hydroxylation sites is 1. The van der Waals surface area contributed by atoms with Crippen molar-refractivity contribution in [1.82, 2.24) is 4.98 Å². The van der Waals surface area contributed by atoms with Gasteiger partial charge in [-0.05, 0) is 101 Å². The van der Waals surface area contributed by atoms with Crippen molar-refractivity contribution in [3.63, 3.8) is 0 Å².